The molecule has 0 atom stereocenters. The average Bonchev–Trinajstić information content (AvgIpc) is 3.38. The SMILES string of the molecule is c1n[nH]c(SCCn2ccnc2-c2cnc(N3CCCC3)nc2)n1. The molecule has 1 aliphatic heterocycles. The molecular weight excluding hydrogens is 324 g/mol. The Labute approximate surface area is 143 Å². The number of thioether (sulfide) groups is 1. The highest BCUT2D eigenvalue weighted by Crippen LogP contribution is 2.20. The second-order valence-corrected chi connectivity index (χ2v) is 6.63. The lowest BCUT2D eigenvalue weighted by atomic mass is 10.3. The third kappa shape index (κ3) is 3.25. The number of imidazole rings is 1. The van der Waals surface area contributed by atoms with E-state index in [1.807, 2.05) is 24.8 Å². The molecule has 3 aromatic heterocycles. The Kier molecular flexibility index (Phi) is 4.41. The predicted octanol–water partition coefficient (Wildman–Crippen LogP) is 1.85. The Balaban J connectivity index is 1.43. The van der Waals surface area contributed by atoms with Gasteiger partial charge in [-0.2, -0.15) is 5.10 Å². The van der Waals surface area contributed by atoms with E-state index in [2.05, 4.69) is 39.6 Å². The van der Waals surface area contributed by atoms with E-state index in [4.69, 9.17) is 0 Å². The van der Waals surface area contributed by atoms with Crippen LogP contribution in [0.4, 0.5) is 5.95 Å². The van der Waals surface area contributed by atoms with Crippen LogP contribution in [0.3, 0.4) is 0 Å². The number of nitrogens with one attached hydrogen (secondary N) is 1. The molecule has 124 valence electrons. The number of hydrogen-bond acceptors (Lipinski definition) is 7. The monoisotopic (exact) mass is 342 g/mol. The zero-order valence-electron chi connectivity index (χ0n) is 13.2. The first kappa shape index (κ1) is 15.1. The number of aryl methyl sites for hydroxylation is 1. The summed E-state index contributed by atoms with van der Waals surface area (Å²) in [4.78, 5) is 19.8. The van der Waals surface area contributed by atoms with Crippen LogP contribution in [0.5, 0.6) is 0 Å². The van der Waals surface area contributed by atoms with Gasteiger partial charge in [-0.3, -0.25) is 5.10 Å². The van der Waals surface area contributed by atoms with Crippen molar-refractivity contribution in [3.05, 3.63) is 31.1 Å². The lowest BCUT2D eigenvalue weighted by Gasteiger charge is -2.14. The van der Waals surface area contributed by atoms with Gasteiger partial charge in [0.05, 0.1) is 5.56 Å². The van der Waals surface area contributed by atoms with Crippen molar-refractivity contribution >= 4 is 17.7 Å². The van der Waals surface area contributed by atoms with Gasteiger partial charge in [0.25, 0.3) is 0 Å². The van der Waals surface area contributed by atoms with Crippen molar-refractivity contribution in [1.29, 1.82) is 0 Å². The van der Waals surface area contributed by atoms with Crippen LogP contribution in [0.15, 0.2) is 36.3 Å². The fourth-order valence-corrected chi connectivity index (χ4v) is 3.49. The summed E-state index contributed by atoms with van der Waals surface area (Å²) >= 11 is 1.63. The maximum Gasteiger partial charge on any atom is 0.225 e. The Morgan fingerprint density at radius 2 is 1.92 bits per heavy atom. The van der Waals surface area contributed by atoms with Crippen LogP contribution in [-0.4, -0.2) is 53.5 Å². The van der Waals surface area contributed by atoms with Crippen LogP contribution in [0, 0.1) is 0 Å². The van der Waals surface area contributed by atoms with Gasteiger partial charge in [0, 0.05) is 50.2 Å². The van der Waals surface area contributed by atoms with Crippen molar-refractivity contribution in [3.8, 4) is 11.4 Å². The van der Waals surface area contributed by atoms with Gasteiger partial charge >= 0.3 is 0 Å². The third-order valence-corrected chi connectivity index (χ3v) is 4.82. The smallest absolute Gasteiger partial charge is 0.225 e. The van der Waals surface area contributed by atoms with E-state index in [0.29, 0.717) is 0 Å². The lowest BCUT2D eigenvalue weighted by molar-refractivity contribution is 0.776. The summed E-state index contributed by atoms with van der Waals surface area (Å²) in [5.41, 5.74) is 0.938. The van der Waals surface area contributed by atoms with Crippen LogP contribution >= 0.6 is 11.8 Å². The molecular formula is C15H18N8S. The Hall–Kier alpha value is -2.42. The fraction of sp³-hybridized carbons (Fsp3) is 0.400. The van der Waals surface area contributed by atoms with Crippen molar-refractivity contribution in [2.75, 3.05) is 23.7 Å². The lowest BCUT2D eigenvalue weighted by Crippen LogP contribution is -2.20. The molecule has 1 N–H and O–H groups in total. The molecule has 4 rings (SSSR count). The second-order valence-electron chi connectivity index (χ2n) is 5.55. The molecule has 4 heterocycles. The standard InChI is InChI=1S/C15H18N8S/c1-2-5-23(4-1)14-17-9-12(10-18-14)13-16-3-6-22(13)7-8-24-15-19-11-20-21-15/h3,6,9-11H,1-2,4-5,7-8H2,(H,19,20,21). The van der Waals surface area contributed by atoms with Crippen molar-refractivity contribution < 1.29 is 0 Å². The first-order chi connectivity index (χ1) is 11.9. The summed E-state index contributed by atoms with van der Waals surface area (Å²) in [6, 6.07) is 0. The minimum absolute atomic E-state index is 0.815. The number of H-pyrrole nitrogens is 1. The molecule has 8 nitrogen and oxygen atoms in total. The van der Waals surface area contributed by atoms with Crippen LogP contribution in [0.25, 0.3) is 11.4 Å². The van der Waals surface area contributed by atoms with E-state index < -0.39 is 0 Å². The summed E-state index contributed by atoms with van der Waals surface area (Å²) < 4.78 is 2.11. The molecule has 0 saturated carbocycles. The first-order valence-electron chi connectivity index (χ1n) is 7.97. The third-order valence-electron chi connectivity index (χ3n) is 3.96. The largest absolute Gasteiger partial charge is 0.341 e. The maximum absolute atomic E-state index is 4.51. The van der Waals surface area contributed by atoms with Gasteiger partial charge in [0.15, 0.2) is 5.16 Å². The van der Waals surface area contributed by atoms with Crippen LogP contribution in [-0.2, 0) is 6.54 Å². The minimum Gasteiger partial charge on any atom is -0.341 e. The number of nitrogens with zero attached hydrogens (tertiary/aromatic N) is 7. The van der Waals surface area contributed by atoms with Crippen molar-refractivity contribution in [2.45, 2.75) is 24.5 Å². The van der Waals surface area contributed by atoms with Crippen molar-refractivity contribution in [2.24, 2.45) is 0 Å². The average molecular weight is 342 g/mol. The number of rotatable bonds is 6. The van der Waals surface area contributed by atoms with Crippen LogP contribution < -0.4 is 4.90 Å². The first-order valence-corrected chi connectivity index (χ1v) is 8.95. The van der Waals surface area contributed by atoms with E-state index in [1.54, 1.807) is 11.8 Å². The molecule has 0 spiro atoms. The van der Waals surface area contributed by atoms with E-state index in [0.717, 1.165) is 47.9 Å². The molecule has 0 unspecified atom stereocenters. The fourth-order valence-electron chi connectivity index (χ4n) is 2.77. The van der Waals surface area contributed by atoms with Crippen LogP contribution in [0.2, 0.25) is 0 Å². The van der Waals surface area contributed by atoms with E-state index in [9.17, 15) is 0 Å². The van der Waals surface area contributed by atoms with Gasteiger partial charge in [0.1, 0.15) is 12.2 Å². The highest BCUT2D eigenvalue weighted by atomic mass is 32.2. The molecule has 1 aliphatic rings. The Morgan fingerprint density at radius 1 is 1.08 bits per heavy atom. The predicted molar refractivity (Wildman–Crippen MR) is 91.8 cm³/mol. The summed E-state index contributed by atoms with van der Waals surface area (Å²) in [5, 5.41) is 7.52. The molecule has 1 fully saturated rings. The highest BCUT2D eigenvalue weighted by molar-refractivity contribution is 7.99. The van der Waals surface area contributed by atoms with E-state index in [1.165, 1.54) is 19.2 Å². The van der Waals surface area contributed by atoms with Gasteiger partial charge in [-0.15, -0.1) is 0 Å². The molecule has 0 amide bonds. The highest BCUT2D eigenvalue weighted by Gasteiger charge is 2.15. The van der Waals surface area contributed by atoms with Gasteiger partial charge in [-0.25, -0.2) is 19.9 Å². The topological polar surface area (TPSA) is 88.4 Å². The number of anilines is 1. The number of hydrogen-bond donors (Lipinski definition) is 1. The van der Waals surface area contributed by atoms with E-state index in [-0.39, 0.29) is 0 Å². The van der Waals surface area contributed by atoms with Gasteiger partial charge in [-0.05, 0) is 12.8 Å². The zero-order valence-corrected chi connectivity index (χ0v) is 14.0. The molecule has 9 heteroatoms. The minimum atomic E-state index is 0.815. The summed E-state index contributed by atoms with van der Waals surface area (Å²) in [5.74, 6) is 2.59. The Morgan fingerprint density at radius 3 is 2.67 bits per heavy atom. The normalized spacial score (nSPS) is 14.4. The summed E-state index contributed by atoms with van der Waals surface area (Å²) in [6.45, 7) is 2.92. The molecule has 1 saturated heterocycles. The number of aromatic amines is 1. The van der Waals surface area contributed by atoms with Crippen molar-refractivity contribution in [1.82, 2.24) is 34.7 Å². The Bertz CT molecular complexity index is 761. The van der Waals surface area contributed by atoms with Gasteiger partial charge < -0.3 is 9.47 Å². The summed E-state index contributed by atoms with van der Waals surface area (Å²) in [7, 11) is 0. The maximum atomic E-state index is 4.51. The molecule has 0 aromatic carbocycles. The van der Waals surface area contributed by atoms with Gasteiger partial charge in [-0.1, -0.05) is 11.8 Å². The quantitative estimate of drug-likeness (QED) is 0.684. The van der Waals surface area contributed by atoms with Crippen LogP contribution in [0.1, 0.15) is 12.8 Å². The van der Waals surface area contributed by atoms with Crippen molar-refractivity contribution in [3.63, 3.8) is 0 Å². The number of aromatic nitrogens is 7. The molecule has 0 bridgehead atoms. The van der Waals surface area contributed by atoms with Gasteiger partial charge in [0.2, 0.25) is 5.95 Å². The molecule has 0 radical (unpaired) electrons. The van der Waals surface area contributed by atoms with E-state index >= 15 is 0 Å². The zero-order chi connectivity index (χ0) is 16.2. The molecule has 0 aliphatic carbocycles. The molecule has 3 aromatic rings. The molecule has 24 heavy (non-hydrogen) atoms. The summed E-state index contributed by atoms with van der Waals surface area (Å²) in [6.07, 6.45) is 11.5. The second kappa shape index (κ2) is 7.00.